The van der Waals surface area contributed by atoms with E-state index in [1.807, 2.05) is 6.92 Å². The molecule has 0 aliphatic carbocycles. The van der Waals surface area contributed by atoms with Crippen molar-refractivity contribution in [3.63, 3.8) is 0 Å². The van der Waals surface area contributed by atoms with Crippen LogP contribution in [0.4, 0.5) is 11.4 Å². The fourth-order valence-corrected chi connectivity index (χ4v) is 3.04. The molecule has 2 N–H and O–H groups in total. The summed E-state index contributed by atoms with van der Waals surface area (Å²) in [5, 5.41) is 5.80. The van der Waals surface area contributed by atoms with Gasteiger partial charge in [-0.3, -0.25) is 4.79 Å². The van der Waals surface area contributed by atoms with E-state index in [2.05, 4.69) is 10.6 Å². The number of carbonyl (C=O) groups is 1. The third-order valence-corrected chi connectivity index (χ3v) is 5.20. The highest BCUT2D eigenvalue weighted by atomic mass is 35.5. The highest BCUT2D eigenvalue weighted by Gasteiger charge is 2.20. The first kappa shape index (κ1) is 18.3. The van der Waals surface area contributed by atoms with Gasteiger partial charge in [0.1, 0.15) is 0 Å². The number of hydrogen-bond donors (Lipinski definition) is 2. The smallest absolute Gasteiger partial charge is 0.291 e. The Morgan fingerprint density at radius 1 is 1.21 bits per heavy atom. The number of carbonyl (C=O) groups excluding carboxylic acids is 1. The normalized spacial score (nSPS) is 11.5. The highest BCUT2D eigenvalue weighted by molar-refractivity contribution is 7.89. The monoisotopic (exact) mass is 371 g/mol. The number of sulfonamides is 1. The van der Waals surface area contributed by atoms with Crippen molar-refractivity contribution in [2.24, 2.45) is 0 Å². The lowest BCUT2D eigenvalue weighted by Crippen LogP contribution is -2.22. The first-order valence-electron chi connectivity index (χ1n) is 7.13. The van der Waals surface area contributed by atoms with Crippen LogP contribution >= 0.6 is 11.6 Å². The summed E-state index contributed by atoms with van der Waals surface area (Å²) >= 11 is 5.66. The quantitative estimate of drug-likeness (QED) is 0.814. The minimum atomic E-state index is -3.62. The van der Waals surface area contributed by atoms with Crippen molar-refractivity contribution >= 4 is 38.9 Å². The van der Waals surface area contributed by atoms with Crippen molar-refractivity contribution in [1.82, 2.24) is 4.31 Å². The number of furan rings is 1. The predicted octanol–water partition coefficient (Wildman–Crippen LogP) is 2.87. The number of anilines is 2. The largest absolute Gasteiger partial charge is 0.440 e. The maximum atomic E-state index is 12.3. The van der Waals surface area contributed by atoms with E-state index in [4.69, 9.17) is 16.0 Å². The molecule has 0 bridgehead atoms. The molecule has 1 aromatic carbocycles. The van der Waals surface area contributed by atoms with Gasteiger partial charge in [0.15, 0.2) is 11.0 Å². The molecule has 2 rings (SSSR count). The molecule has 9 heteroatoms. The fraction of sp³-hybridized carbons (Fsp3) is 0.267. The Bertz CT molecular complexity index is 846. The summed E-state index contributed by atoms with van der Waals surface area (Å²) in [6.07, 6.45) is 0. The Kier molecular flexibility index (Phi) is 5.53. The molecule has 0 aliphatic heterocycles. The van der Waals surface area contributed by atoms with Gasteiger partial charge in [-0.1, -0.05) is 0 Å². The Labute approximate surface area is 145 Å². The van der Waals surface area contributed by atoms with Crippen LogP contribution in [-0.2, 0) is 10.0 Å². The molecular formula is C15H18ClN3O4S. The van der Waals surface area contributed by atoms with Gasteiger partial charge >= 0.3 is 0 Å². The number of nitrogens with one attached hydrogen (secondary N) is 2. The van der Waals surface area contributed by atoms with Crippen molar-refractivity contribution in [3.05, 3.63) is 41.3 Å². The molecule has 24 heavy (non-hydrogen) atoms. The minimum absolute atomic E-state index is 0.0309. The second-order valence-electron chi connectivity index (χ2n) is 5.08. The lowest BCUT2D eigenvalue weighted by Gasteiger charge is -2.16. The number of benzene rings is 1. The van der Waals surface area contributed by atoms with Gasteiger partial charge in [-0.2, -0.15) is 0 Å². The maximum absolute atomic E-state index is 12.3. The van der Waals surface area contributed by atoms with Crippen LogP contribution in [0.2, 0.25) is 5.22 Å². The van der Waals surface area contributed by atoms with Crippen LogP contribution in [0.25, 0.3) is 0 Å². The van der Waals surface area contributed by atoms with Crippen LogP contribution in [0.5, 0.6) is 0 Å². The SMILES string of the molecule is CCNc1ccc(S(=O)(=O)N(C)C)cc1NC(=O)c1ccc(Cl)o1. The molecule has 130 valence electrons. The van der Waals surface area contributed by atoms with Crippen molar-refractivity contribution < 1.29 is 17.6 Å². The lowest BCUT2D eigenvalue weighted by atomic mass is 10.2. The number of amides is 1. The molecule has 0 saturated heterocycles. The van der Waals surface area contributed by atoms with E-state index >= 15 is 0 Å². The first-order chi connectivity index (χ1) is 11.3. The average Bonchev–Trinajstić information content (AvgIpc) is 2.95. The molecule has 1 aromatic heterocycles. The Morgan fingerprint density at radius 2 is 1.92 bits per heavy atom. The van der Waals surface area contributed by atoms with Crippen LogP contribution in [0.15, 0.2) is 39.6 Å². The Morgan fingerprint density at radius 3 is 2.46 bits per heavy atom. The van der Waals surface area contributed by atoms with Crippen molar-refractivity contribution in [1.29, 1.82) is 0 Å². The number of hydrogen-bond acceptors (Lipinski definition) is 5. The third-order valence-electron chi connectivity index (χ3n) is 3.18. The molecule has 7 nitrogen and oxygen atoms in total. The van der Waals surface area contributed by atoms with Gasteiger partial charge in [0.05, 0.1) is 16.3 Å². The molecule has 2 aromatic rings. The van der Waals surface area contributed by atoms with Crippen LogP contribution in [-0.4, -0.2) is 39.3 Å². The average molecular weight is 372 g/mol. The summed E-state index contributed by atoms with van der Waals surface area (Å²) in [6.45, 7) is 2.50. The summed E-state index contributed by atoms with van der Waals surface area (Å²) in [5.41, 5.74) is 0.929. The molecular weight excluding hydrogens is 354 g/mol. The van der Waals surface area contributed by atoms with E-state index in [-0.39, 0.29) is 15.9 Å². The summed E-state index contributed by atoms with van der Waals surface area (Å²) in [7, 11) is -0.735. The van der Waals surface area contributed by atoms with E-state index in [0.29, 0.717) is 17.9 Å². The number of rotatable bonds is 6. The van der Waals surface area contributed by atoms with E-state index in [0.717, 1.165) is 4.31 Å². The van der Waals surface area contributed by atoms with Gasteiger partial charge in [0.25, 0.3) is 5.91 Å². The second-order valence-corrected chi connectivity index (χ2v) is 7.61. The Balaban J connectivity index is 2.40. The summed E-state index contributed by atoms with van der Waals surface area (Å²) in [4.78, 5) is 12.3. The zero-order chi connectivity index (χ0) is 17.9. The molecule has 1 amide bonds. The zero-order valence-corrected chi connectivity index (χ0v) is 15.0. The zero-order valence-electron chi connectivity index (χ0n) is 13.5. The number of nitrogens with zero attached hydrogens (tertiary/aromatic N) is 1. The van der Waals surface area contributed by atoms with Crippen LogP contribution in [0, 0.1) is 0 Å². The first-order valence-corrected chi connectivity index (χ1v) is 8.94. The van der Waals surface area contributed by atoms with Crippen molar-refractivity contribution in [2.45, 2.75) is 11.8 Å². The topological polar surface area (TPSA) is 91.7 Å². The molecule has 0 unspecified atom stereocenters. The molecule has 0 fully saturated rings. The predicted molar refractivity (Wildman–Crippen MR) is 93.1 cm³/mol. The van der Waals surface area contributed by atoms with E-state index in [1.165, 1.54) is 38.4 Å². The van der Waals surface area contributed by atoms with Crippen molar-refractivity contribution in [2.75, 3.05) is 31.3 Å². The second kappa shape index (κ2) is 7.25. The molecule has 0 radical (unpaired) electrons. The lowest BCUT2D eigenvalue weighted by molar-refractivity contribution is 0.0997. The summed E-state index contributed by atoms with van der Waals surface area (Å²) < 4.78 is 30.7. The third kappa shape index (κ3) is 3.89. The minimum Gasteiger partial charge on any atom is -0.440 e. The maximum Gasteiger partial charge on any atom is 0.291 e. The van der Waals surface area contributed by atoms with Crippen LogP contribution in [0.1, 0.15) is 17.5 Å². The summed E-state index contributed by atoms with van der Waals surface area (Å²) in [5.74, 6) is -0.497. The van der Waals surface area contributed by atoms with Gasteiger partial charge in [-0.05, 0) is 48.9 Å². The molecule has 0 atom stereocenters. The summed E-state index contributed by atoms with van der Waals surface area (Å²) in [6, 6.07) is 7.37. The van der Waals surface area contributed by atoms with Gasteiger partial charge in [-0.25, -0.2) is 12.7 Å². The molecule has 0 saturated carbocycles. The van der Waals surface area contributed by atoms with Crippen LogP contribution in [0.3, 0.4) is 0 Å². The van der Waals surface area contributed by atoms with E-state index in [1.54, 1.807) is 6.07 Å². The molecule has 1 heterocycles. The van der Waals surface area contributed by atoms with Gasteiger partial charge < -0.3 is 15.1 Å². The van der Waals surface area contributed by atoms with Gasteiger partial charge in [-0.15, -0.1) is 0 Å². The van der Waals surface area contributed by atoms with Crippen molar-refractivity contribution in [3.8, 4) is 0 Å². The van der Waals surface area contributed by atoms with E-state index < -0.39 is 15.9 Å². The molecule has 0 spiro atoms. The highest BCUT2D eigenvalue weighted by Crippen LogP contribution is 2.27. The van der Waals surface area contributed by atoms with Crippen LogP contribution < -0.4 is 10.6 Å². The van der Waals surface area contributed by atoms with Gasteiger partial charge in [0.2, 0.25) is 10.0 Å². The number of halogens is 1. The molecule has 0 aliphatic rings. The van der Waals surface area contributed by atoms with Gasteiger partial charge in [0, 0.05) is 20.6 Å². The Hall–Kier alpha value is -2.03. The fourth-order valence-electron chi connectivity index (χ4n) is 1.96. The van der Waals surface area contributed by atoms with E-state index in [9.17, 15) is 13.2 Å². The standard InChI is InChI=1S/C15H18ClN3O4S/c1-4-17-11-6-5-10(24(21,22)19(2)3)9-12(11)18-15(20)13-7-8-14(16)23-13/h5-9,17H,4H2,1-3H3,(H,18,20).